The van der Waals surface area contributed by atoms with E-state index in [1.165, 1.54) is 8.82 Å². The van der Waals surface area contributed by atoms with Crippen molar-refractivity contribution in [1.82, 2.24) is 37.5 Å². The number of rotatable bonds is 4. The quantitative estimate of drug-likeness (QED) is 0.431. The molecule has 0 spiro atoms. The maximum absolute atomic E-state index is 13.2. The van der Waals surface area contributed by atoms with Crippen molar-refractivity contribution < 1.29 is 13.2 Å². The lowest BCUT2D eigenvalue weighted by Crippen LogP contribution is -2.51. The van der Waals surface area contributed by atoms with Gasteiger partial charge in [-0.3, -0.25) is 4.79 Å². The van der Waals surface area contributed by atoms with E-state index in [0.717, 1.165) is 23.0 Å². The van der Waals surface area contributed by atoms with Crippen molar-refractivity contribution in [3.8, 4) is 0 Å². The van der Waals surface area contributed by atoms with Gasteiger partial charge in [0, 0.05) is 43.1 Å². The third kappa shape index (κ3) is 3.69. The number of benzene rings is 1. The molecule has 1 amide bonds. The molecular formula is C19H21N9O3S2. The number of carbonyl (C=O) groups is 1. The number of piperazine rings is 1. The highest BCUT2D eigenvalue weighted by Gasteiger charge is 2.32. The number of amides is 1. The molecule has 14 heteroatoms. The number of nitrogen functional groups attached to an aromatic ring is 1. The standard InChI is InChI=1S/C19H21N9O3S2/c1-11-13(12(2)28-19(21-11)22-18(20)23-28)10-16(29)26-6-8-27(9-7-26)33(30,31)15-5-3-4-14-17(15)25-32-24-14/h3-5H,6-10H2,1-2H3,(H2,20,23). The minimum atomic E-state index is -3.74. The molecule has 172 valence electrons. The Morgan fingerprint density at radius 3 is 2.64 bits per heavy atom. The van der Waals surface area contributed by atoms with E-state index in [4.69, 9.17) is 5.73 Å². The van der Waals surface area contributed by atoms with Crippen molar-refractivity contribution >= 4 is 50.4 Å². The Morgan fingerprint density at radius 1 is 1.12 bits per heavy atom. The van der Waals surface area contributed by atoms with Crippen LogP contribution in [-0.4, -0.2) is 78.0 Å². The van der Waals surface area contributed by atoms with Crippen LogP contribution in [0, 0.1) is 13.8 Å². The second-order valence-electron chi connectivity index (χ2n) is 7.79. The second-order valence-corrected chi connectivity index (χ2v) is 10.2. The monoisotopic (exact) mass is 487 g/mol. The smallest absolute Gasteiger partial charge is 0.254 e. The van der Waals surface area contributed by atoms with E-state index < -0.39 is 10.0 Å². The Hall–Kier alpha value is -3.23. The maximum atomic E-state index is 13.2. The summed E-state index contributed by atoms with van der Waals surface area (Å²) in [7, 11) is -3.74. The average molecular weight is 488 g/mol. The van der Waals surface area contributed by atoms with Gasteiger partial charge in [0.15, 0.2) is 0 Å². The van der Waals surface area contributed by atoms with Crippen LogP contribution < -0.4 is 5.73 Å². The zero-order valence-corrected chi connectivity index (χ0v) is 19.6. The van der Waals surface area contributed by atoms with Crippen LogP contribution >= 0.6 is 11.7 Å². The van der Waals surface area contributed by atoms with E-state index in [-0.39, 0.29) is 36.3 Å². The lowest BCUT2D eigenvalue weighted by molar-refractivity contribution is -0.131. The third-order valence-electron chi connectivity index (χ3n) is 5.85. The highest BCUT2D eigenvalue weighted by Crippen LogP contribution is 2.25. The number of aromatic nitrogens is 6. The van der Waals surface area contributed by atoms with Crippen LogP contribution in [0.25, 0.3) is 16.8 Å². The summed E-state index contributed by atoms with van der Waals surface area (Å²) in [6.07, 6.45) is 0.136. The molecule has 1 fully saturated rings. The zero-order chi connectivity index (χ0) is 23.3. The van der Waals surface area contributed by atoms with E-state index in [0.29, 0.717) is 35.6 Å². The van der Waals surface area contributed by atoms with E-state index >= 15 is 0 Å². The fourth-order valence-corrected chi connectivity index (χ4v) is 6.22. The summed E-state index contributed by atoms with van der Waals surface area (Å²) in [6.45, 7) is 4.67. The Kier molecular flexibility index (Phi) is 5.22. The SMILES string of the molecule is Cc1nc2nc(N)nn2c(C)c1CC(=O)N1CCN(S(=O)(=O)c2cccc3nsnc23)CC1. The Morgan fingerprint density at radius 2 is 1.88 bits per heavy atom. The Labute approximate surface area is 193 Å². The van der Waals surface area contributed by atoms with Crippen LogP contribution in [0.1, 0.15) is 17.0 Å². The molecule has 1 aliphatic rings. The summed E-state index contributed by atoms with van der Waals surface area (Å²) in [5.74, 6) is 0.413. The number of sulfonamides is 1. The van der Waals surface area contributed by atoms with Crippen LogP contribution in [0.15, 0.2) is 23.1 Å². The lowest BCUT2D eigenvalue weighted by Gasteiger charge is -2.34. The van der Waals surface area contributed by atoms with E-state index in [1.54, 1.807) is 23.1 Å². The van der Waals surface area contributed by atoms with Gasteiger partial charge in [-0.2, -0.15) is 22.6 Å². The number of hydrogen-bond acceptors (Lipinski definition) is 10. The van der Waals surface area contributed by atoms with Gasteiger partial charge in [-0.25, -0.2) is 13.4 Å². The molecule has 0 aliphatic carbocycles. The van der Waals surface area contributed by atoms with Gasteiger partial charge < -0.3 is 10.6 Å². The summed E-state index contributed by atoms with van der Waals surface area (Å²) < 4.78 is 37.6. The summed E-state index contributed by atoms with van der Waals surface area (Å²) in [5, 5.41) is 4.13. The first-order valence-corrected chi connectivity index (χ1v) is 12.4. The molecule has 2 N–H and O–H groups in total. The second kappa shape index (κ2) is 7.97. The number of anilines is 1. The van der Waals surface area contributed by atoms with Gasteiger partial charge >= 0.3 is 0 Å². The van der Waals surface area contributed by atoms with Gasteiger partial charge in [0.05, 0.1) is 18.1 Å². The lowest BCUT2D eigenvalue weighted by atomic mass is 10.1. The van der Waals surface area contributed by atoms with Gasteiger partial charge in [-0.05, 0) is 26.0 Å². The molecule has 1 saturated heterocycles. The molecule has 0 bridgehead atoms. The van der Waals surface area contributed by atoms with Crippen molar-refractivity contribution in [3.05, 3.63) is 35.2 Å². The minimum absolute atomic E-state index is 0.0988. The largest absolute Gasteiger partial charge is 0.366 e. The summed E-state index contributed by atoms with van der Waals surface area (Å²) in [4.78, 5) is 23.3. The molecule has 0 radical (unpaired) electrons. The highest BCUT2D eigenvalue weighted by atomic mass is 32.2. The van der Waals surface area contributed by atoms with Gasteiger partial charge in [0.25, 0.3) is 5.78 Å². The zero-order valence-electron chi connectivity index (χ0n) is 18.0. The molecule has 0 unspecified atom stereocenters. The first-order valence-electron chi connectivity index (χ1n) is 10.2. The maximum Gasteiger partial charge on any atom is 0.254 e. The molecule has 4 aromatic rings. The van der Waals surface area contributed by atoms with Crippen molar-refractivity contribution in [2.24, 2.45) is 0 Å². The van der Waals surface area contributed by atoms with E-state index in [2.05, 4.69) is 23.8 Å². The van der Waals surface area contributed by atoms with Crippen molar-refractivity contribution in [1.29, 1.82) is 0 Å². The number of aryl methyl sites for hydroxylation is 2. The number of nitrogens with two attached hydrogens (primary N) is 1. The van der Waals surface area contributed by atoms with Crippen molar-refractivity contribution in [3.63, 3.8) is 0 Å². The van der Waals surface area contributed by atoms with Crippen molar-refractivity contribution in [2.75, 3.05) is 31.9 Å². The Bertz CT molecular complexity index is 1490. The van der Waals surface area contributed by atoms with Crippen LogP contribution in [0.5, 0.6) is 0 Å². The summed E-state index contributed by atoms with van der Waals surface area (Å²) in [5.41, 5.74) is 8.81. The first kappa shape index (κ1) is 21.6. The first-order chi connectivity index (χ1) is 15.8. The van der Waals surface area contributed by atoms with Gasteiger partial charge in [-0.1, -0.05) is 6.07 Å². The van der Waals surface area contributed by atoms with Gasteiger partial charge in [0.2, 0.25) is 21.9 Å². The summed E-state index contributed by atoms with van der Waals surface area (Å²) >= 11 is 0.981. The molecule has 1 aromatic carbocycles. The fourth-order valence-electron chi connectivity index (χ4n) is 4.05. The molecule has 0 saturated carbocycles. The van der Waals surface area contributed by atoms with Crippen LogP contribution in [-0.2, 0) is 21.2 Å². The molecule has 33 heavy (non-hydrogen) atoms. The minimum Gasteiger partial charge on any atom is -0.366 e. The molecule has 12 nitrogen and oxygen atoms in total. The molecular weight excluding hydrogens is 466 g/mol. The predicted molar refractivity (Wildman–Crippen MR) is 121 cm³/mol. The molecule has 4 heterocycles. The number of nitrogens with zero attached hydrogens (tertiary/aromatic N) is 8. The highest BCUT2D eigenvalue weighted by molar-refractivity contribution is 7.89. The predicted octanol–water partition coefficient (Wildman–Crippen LogP) is 0.404. The van der Waals surface area contributed by atoms with E-state index in [1.807, 2.05) is 13.8 Å². The number of fused-ring (bicyclic) bond motifs is 2. The summed E-state index contributed by atoms with van der Waals surface area (Å²) in [6, 6.07) is 4.94. The molecule has 0 atom stereocenters. The van der Waals surface area contributed by atoms with Crippen molar-refractivity contribution in [2.45, 2.75) is 25.2 Å². The normalized spacial score (nSPS) is 15.5. The molecule has 5 rings (SSSR count). The fraction of sp³-hybridized carbons (Fsp3) is 0.368. The molecule has 1 aliphatic heterocycles. The molecule has 3 aromatic heterocycles. The number of hydrogen-bond donors (Lipinski definition) is 1. The van der Waals surface area contributed by atoms with E-state index in [9.17, 15) is 13.2 Å². The number of carbonyl (C=O) groups excluding carboxylic acids is 1. The van der Waals surface area contributed by atoms with Gasteiger partial charge in [-0.15, -0.1) is 5.10 Å². The topological polar surface area (TPSA) is 153 Å². The Balaban J connectivity index is 1.31. The van der Waals surface area contributed by atoms with Crippen LogP contribution in [0.2, 0.25) is 0 Å². The van der Waals surface area contributed by atoms with Crippen LogP contribution in [0.3, 0.4) is 0 Å². The van der Waals surface area contributed by atoms with Gasteiger partial charge in [0.1, 0.15) is 15.9 Å². The van der Waals surface area contributed by atoms with Crippen LogP contribution in [0.4, 0.5) is 5.95 Å². The average Bonchev–Trinajstić information content (AvgIpc) is 3.42. The third-order valence-corrected chi connectivity index (χ3v) is 8.32.